The largest absolute Gasteiger partial charge is 0.464 e. The summed E-state index contributed by atoms with van der Waals surface area (Å²) in [7, 11) is -1.92. The van der Waals surface area contributed by atoms with Gasteiger partial charge in [-0.25, -0.2) is 4.79 Å². The average Bonchev–Trinajstić information content (AvgIpc) is 3.10. The maximum atomic E-state index is 12.7. The van der Waals surface area contributed by atoms with Crippen LogP contribution in [0.2, 0.25) is 18.1 Å². The quantitative estimate of drug-likeness (QED) is 0.528. The highest BCUT2D eigenvalue weighted by atomic mass is 28.4. The van der Waals surface area contributed by atoms with Crippen LogP contribution in [-0.2, 0) is 23.6 Å². The van der Waals surface area contributed by atoms with Gasteiger partial charge in [0.05, 0.1) is 19.8 Å². The Morgan fingerprint density at radius 1 is 1.30 bits per heavy atom. The lowest BCUT2D eigenvalue weighted by atomic mass is 9.89. The summed E-state index contributed by atoms with van der Waals surface area (Å²) in [4.78, 5) is 23.8. The Morgan fingerprint density at radius 3 is 2.48 bits per heavy atom. The van der Waals surface area contributed by atoms with E-state index >= 15 is 0 Å². The van der Waals surface area contributed by atoms with E-state index in [1.165, 1.54) is 5.23 Å². The first-order valence-electron chi connectivity index (χ1n) is 8.57. The highest BCUT2D eigenvalue weighted by Gasteiger charge is 2.65. The first-order chi connectivity index (χ1) is 11.0. The molecule has 3 atom stereocenters. The van der Waals surface area contributed by atoms with E-state index in [0.29, 0.717) is 6.42 Å². The number of rotatable bonds is 8. The van der Waals surface area contributed by atoms with E-state index in [4.69, 9.17) is 18.8 Å². The van der Waals surface area contributed by atoms with Gasteiger partial charge in [-0.2, -0.15) is 0 Å². The monoisotopic (exact) mass is 347 g/mol. The van der Waals surface area contributed by atoms with E-state index in [9.17, 15) is 9.90 Å². The number of hydrogen-bond acceptors (Lipinski definition) is 7. The molecule has 0 aliphatic carbocycles. The van der Waals surface area contributed by atoms with Crippen molar-refractivity contribution in [3.8, 4) is 0 Å². The Balaban J connectivity index is 2.29. The molecule has 2 rings (SSSR count). The fourth-order valence-electron chi connectivity index (χ4n) is 3.43. The van der Waals surface area contributed by atoms with Crippen molar-refractivity contribution in [1.29, 1.82) is 0 Å². The summed E-state index contributed by atoms with van der Waals surface area (Å²) in [6, 6.07) is 2.96. The number of carbonyl (C=O) groups excluding carboxylic acids is 1. The minimum atomic E-state index is -1.92. The van der Waals surface area contributed by atoms with E-state index < -0.39 is 32.0 Å². The third-order valence-electron chi connectivity index (χ3n) is 5.14. The second-order valence-electron chi connectivity index (χ2n) is 6.16. The maximum absolute atomic E-state index is 12.7. The van der Waals surface area contributed by atoms with Gasteiger partial charge in [0.1, 0.15) is 12.2 Å². The minimum Gasteiger partial charge on any atom is -0.464 e. The minimum absolute atomic E-state index is 0.175. The van der Waals surface area contributed by atoms with Gasteiger partial charge in [0, 0.05) is 6.42 Å². The van der Waals surface area contributed by atoms with Crippen molar-refractivity contribution in [2.24, 2.45) is 0 Å². The molecule has 8 heteroatoms. The maximum Gasteiger partial charge on any atom is 0.334 e. The smallest absolute Gasteiger partial charge is 0.334 e. The van der Waals surface area contributed by atoms with Crippen LogP contribution in [0.4, 0.5) is 0 Å². The van der Waals surface area contributed by atoms with E-state index in [-0.39, 0.29) is 19.8 Å². The summed E-state index contributed by atoms with van der Waals surface area (Å²) >= 11 is 0. The van der Waals surface area contributed by atoms with Crippen molar-refractivity contribution in [2.45, 2.75) is 70.0 Å². The van der Waals surface area contributed by atoms with Crippen molar-refractivity contribution < 1.29 is 28.7 Å². The predicted octanol–water partition coefficient (Wildman–Crippen LogP) is 1.62. The van der Waals surface area contributed by atoms with Gasteiger partial charge in [-0.05, 0) is 30.3 Å². The molecule has 0 aromatic carbocycles. The highest BCUT2D eigenvalue weighted by molar-refractivity contribution is 6.73. The molecule has 3 unspecified atom stereocenters. The van der Waals surface area contributed by atoms with Gasteiger partial charge in [0.2, 0.25) is 0 Å². The molecule has 134 valence electrons. The first-order valence-corrected chi connectivity index (χ1v) is 11.1. The van der Waals surface area contributed by atoms with Crippen molar-refractivity contribution in [1.82, 2.24) is 5.23 Å². The lowest BCUT2D eigenvalue weighted by molar-refractivity contribution is -0.357. The molecular weight excluding hydrogens is 318 g/mol. The number of hydroxylamine groups is 2. The van der Waals surface area contributed by atoms with E-state index in [1.807, 2.05) is 0 Å². The van der Waals surface area contributed by atoms with Gasteiger partial charge in [-0.1, -0.05) is 20.8 Å². The normalized spacial score (nSPS) is 31.3. The van der Waals surface area contributed by atoms with Crippen LogP contribution >= 0.6 is 0 Å². The van der Waals surface area contributed by atoms with Crippen LogP contribution in [0.1, 0.15) is 34.1 Å². The molecule has 2 aliphatic heterocycles. The van der Waals surface area contributed by atoms with Crippen LogP contribution in [-0.4, -0.2) is 62.2 Å². The molecule has 0 aromatic rings. The van der Waals surface area contributed by atoms with Gasteiger partial charge >= 0.3 is 5.97 Å². The number of hydrogen-bond donors (Lipinski definition) is 1. The zero-order valence-electron chi connectivity index (χ0n) is 14.5. The Labute approximate surface area is 138 Å². The molecule has 0 aromatic heterocycles. The van der Waals surface area contributed by atoms with Crippen LogP contribution in [0.3, 0.4) is 0 Å². The molecule has 0 amide bonds. The van der Waals surface area contributed by atoms with Crippen LogP contribution in [0.5, 0.6) is 0 Å². The number of ether oxygens (including phenoxy) is 1. The number of nitrogens with zero attached hydrogens (tertiary/aromatic N) is 1. The van der Waals surface area contributed by atoms with Crippen molar-refractivity contribution in [3.05, 3.63) is 0 Å². The van der Waals surface area contributed by atoms with Gasteiger partial charge in [-0.15, -0.1) is 0 Å². The number of fused-ring (bicyclic) bond motifs is 1. The van der Waals surface area contributed by atoms with Crippen molar-refractivity contribution in [2.75, 3.05) is 19.8 Å². The lowest BCUT2D eigenvalue weighted by Crippen LogP contribution is -2.57. The summed E-state index contributed by atoms with van der Waals surface area (Å²) in [5, 5.41) is 10.6. The van der Waals surface area contributed by atoms with Gasteiger partial charge in [-0.3, -0.25) is 9.68 Å². The summed E-state index contributed by atoms with van der Waals surface area (Å²) in [5.41, 5.74) is -1.11. The predicted molar refractivity (Wildman–Crippen MR) is 85.8 cm³/mol. The molecule has 0 spiro atoms. The molecule has 2 heterocycles. The lowest BCUT2D eigenvalue weighted by Gasteiger charge is -2.37. The molecule has 7 nitrogen and oxygen atoms in total. The Kier molecular flexibility index (Phi) is 6.20. The standard InChI is InChI=1S/C15H29NO6Si/c1-5-19-14(18)15-9-12(10-17)21-16(15)20-11-13(15)22-23(6-2,7-3)8-4/h12-13,17H,5-11H2,1-4H3. The molecule has 23 heavy (non-hydrogen) atoms. The summed E-state index contributed by atoms with van der Waals surface area (Å²) in [5.74, 6) is -0.398. The number of esters is 1. The molecule has 2 fully saturated rings. The van der Waals surface area contributed by atoms with Gasteiger partial charge < -0.3 is 14.3 Å². The Hall–Kier alpha value is -0.513. The molecule has 0 bridgehead atoms. The SMILES string of the molecule is CCOC(=O)C12CC(CO)ON1OCC2O[Si](CC)(CC)CC. The third-order valence-corrected chi connectivity index (χ3v) is 9.79. The van der Waals surface area contributed by atoms with Gasteiger partial charge in [0.15, 0.2) is 13.9 Å². The fraction of sp³-hybridized carbons (Fsp3) is 0.933. The van der Waals surface area contributed by atoms with E-state index in [0.717, 1.165) is 18.1 Å². The summed E-state index contributed by atoms with van der Waals surface area (Å²) < 4.78 is 11.8. The number of aliphatic hydroxyl groups excluding tert-OH is 1. The van der Waals surface area contributed by atoms with Gasteiger partial charge in [0.25, 0.3) is 0 Å². The number of carbonyl (C=O) groups is 1. The molecule has 2 aliphatic rings. The topological polar surface area (TPSA) is 77.5 Å². The second kappa shape index (κ2) is 7.58. The first kappa shape index (κ1) is 18.8. The second-order valence-corrected chi connectivity index (χ2v) is 10.9. The van der Waals surface area contributed by atoms with E-state index in [2.05, 4.69) is 20.8 Å². The molecule has 0 radical (unpaired) electrons. The molecule has 2 saturated heterocycles. The summed E-state index contributed by atoms with van der Waals surface area (Å²) in [6.07, 6.45) is -0.592. The average molecular weight is 347 g/mol. The fourth-order valence-corrected chi connectivity index (χ4v) is 6.30. The zero-order valence-corrected chi connectivity index (χ0v) is 15.5. The van der Waals surface area contributed by atoms with Crippen LogP contribution in [0.25, 0.3) is 0 Å². The summed E-state index contributed by atoms with van der Waals surface area (Å²) in [6.45, 7) is 8.58. The van der Waals surface area contributed by atoms with Crippen molar-refractivity contribution in [3.63, 3.8) is 0 Å². The molecule has 0 saturated carbocycles. The third kappa shape index (κ3) is 3.20. The molecular formula is C15H29NO6Si. The van der Waals surface area contributed by atoms with Crippen molar-refractivity contribution >= 4 is 14.3 Å². The Morgan fingerprint density at radius 2 is 1.96 bits per heavy atom. The highest BCUT2D eigenvalue weighted by Crippen LogP contribution is 2.43. The zero-order chi connectivity index (χ0) is 17.1. The van der Waals surface area contributed by atoms with E-state index in [1.54, 1.807) is 6.92 Å². The van der Waals surface area contributed by atoms with Crippen LogP contribution in [0, 0.1) is 0 Å². The Bertz CT molecular complexity index is 411. The number of aliphatic hydroxyl groups is 1. The molecule has 1 N–H and O–H groups in total. The van der Waals surface area contributed by atoms with Crippen LogP contribution in [0.15, 0.2) is 0 Å². The van der Waals surface area contributed by atoms with Crippen LogP contribution < -0.4 is 0 Å².